The van der Waals surface area contributed by atoms with E-state index in [9.17, 15) is 0 Å². The van der Waals surface area contributed by atoms with E-state index in [-0.39, 0.29) is 0 Å². The first-order chi connectivity index (χ1) is 5.84. The fourth-order valence-electron chi connectivity index (χ4n) is 1.36. The van der Waals surface area contributed by atoms with E-state index in [1.165, 1.54) is 17.9 Å². The van der Waals surface area contributed by atoms with Crippen molar-refractivity contribution in [1.82, 2.24) is 4.90 Å². The summed E-state index contributed by atoms with van der Waals surface area (Å²) in [6, 6.07) is 0.789. The number of nitrogens with zero attached hydrogens (tertiary/aromatic N) is 1. The van der Waals surface area contributed by atoms with Crippen molar-refractivity contribution in [3.8, 4) is 0 Å². The summed E-state index contributed by atoms with van der Waals surface area (Å²) in [7, 11) is 2.19. The third-order valence-electron chi connectivity index (χ3n) is 2.23. The summed E-state index contributed by atoms with van der Waals surface area (Å²) in [5, 5.41) is 0. The number of likely N-dealkylation sites (N-methyl/N-ethyl adjacent to an activating group) is 1. The fraction of sp³-hybridized carbons (Fsp3) is 0.778. The van der Waals surface area contributed by atoms with Crippen LogP contribution in [0.5, 0.6) is 0 Å². The molecule has 0 bridgehead atoms. The van der Waals surface area contributed by atoms with Gasteiger partial charge in [0.25, 0.3) is 0 Å². The Balaban J connectivity index is 2.17. The van der Waals surface area contributed by atoms with E-state index in [0.29, 0.717) is 6.54 Å². The van der Waals surface area contributed by atoms with Gasteiger partial charge in [-0.25, -0.2) is 0 Å². The molecular formula is C9H18N2S. The Morgan fingerprint density at radius 1 is 1.58 bits per heavy atom. The minimum absolute atomic E-state index is 0.660. The SMILES string of the molecule is CN(CC=CCN)C1CCSC1. The smallest absolute Gasteiger partial charge is 0.0194 e. The second-order valence-corrected chi connectivity index (χ2v) is 4.31. The minimum atomic E-state index is 0.660. The van der Waals surface area contributed by atoms with Crippen molar-refractivity contribution >= 4 is 11.8 Å². The molecule has 70 valence electrons. The van der Waals surface area contributed by atoms with Gasteiger partial charge in [0.1, 0.15) is 0 Å². The normalized spacial score (nSPS) is 24.4. The van der Waals surface area contributed by atoms with Crippen molar-refractivity contribution in [2.24, 2.45) is 5.73 Å². The third-order valence-corrected chi connectivity index (χ3v) is 3.37. The van der Waals surface area contributed by atoms with E-state index in [1.54, 1.807) is 0 Å². The molecular weight excluding hydrogens is 168 g/mol. The molecule has 2 nitrogen and oxygen atoms in total. The second kappa shape index (κ2) is 5.62. The maximum Gasteiger partial charge on any atom is 0.0194 e. The molecule has 12 heavy (non-hydrogen) atoms. The molecule has 3 heteroatoms. The van der Waals surface area contributed by atoms with Crippen molar-refractivity contribution in [3.05, 3.63) is 12.2 Å². The van der Waals surface area contributed by atoms with Crippen LogP contribution in [0.3, 0.4) is 0 Å². The van der Waals surface area contributed by atoms with Crippen LogP contribution in [0.15, 0.2) is 12.2 Å². The van der Waals surface area contributed by atoms with Gasteiger partial charge in [-0.3, -0.25) is 4.90 Å². The minimum Gasteiger partial charge on any atom is -0.327 e. The van der Waals surface area contributed by atoms with E-state index in [2.05, 4.69) is 29.8 Å². The van der Waals surface area contributed by atoms with Gasteiger partial charge < -0.3 is 5.73 Å². The number of rotatable bonds is 4. The summed E-state index contributed by atoms with van der Waals surface area (Å²) < 4.78 is 0. The fourth-order valence-corrected chi connectivity index (χ4v) is 2.65. The van der Waals surface area contributed by atoms with Gasteiger partial charge in [0, 0.05) is 24.9 Å². The molecule has 1 heterocycles. The first-order valence-corrected chi connectivity index (χ1v) is 5.63. The van der Waals surface area contributed by atoms with E-state index in [1.807, 2.05) is 6.08 Å². The average Bonchev–Trinajstić information content (AvgIpc) is 2.56. The van der Waals surface area contributed by atoms with Crippen molar-refractivity contribution < 1.29 is 0 Å². The molecule has 1 saturated heterocycles. The first kappa shape index (κ1) is 10.1. The summed E-state index contributed by atoms with van der Waals surface area (Å²) in [5.41, 5.74) is 5.36. The zero-order chi connectivity index (χ0) is 8.81. The Bertz CT molecular complexity index is 141. The Morgan fingerprint density at radius 3 is 3.00 bits per heavy atom. The average molecular weight is 186 g/mol. The maximum absolute atomic E-state index is 5.36. The third kappa shape index (κ3) is 3.17. The van der Waals surface area contributed by atoms with Crippen LogP contribution in [0.1, 0.15) is 6.42 Å². The number of hydrogen-bond acceptors (Lipinski definition) is 3. The highest BCUT2D eigenvalue weighted by Crippen LogP contribution is 2.20. The lowest BCUT2D eigenvalue weighted by atomic mass is 10.2. The molecule has 0 aromatic rings. The molecule has 1 aliphatic heterocycles. The van der Waals surface area contributed by atoms with Gasteiger partial charge in [-0.1, -0.05) is 12.2 Å². The largest absolute Gasteiger partial charge is 0.327 e. The first-order valence-electron chi connectivity index (χ1n) is 4.47. The maximum atomic E-state index is 5.36. The summed E-state index contributed by atoms with van der Waals surface area (Å²) >= 11 is 2.06. The molecule has 0 aromatic carbocycles. The van der Waals surface area contributed by atoms with Crippen molar-refractivity contribution in [1.29, 1.82) is 0 Å². The molecule has 0 radical (unpaired) electrons. The molecule has 0 spiro atoms. The summed E-state index contributed by atoms with van der Waals surface area (Å²) in [6.07, 6.45) is 5.53. The molecule has 0 saturated carbocycles. The predicted molar refractivity (Wildman–Crippen MR) is 56.6 cm³/mol. The van der Waals surface area contributed by atoms with Gasteiger partial charge in [0.2, 0.25) is 0 Å². The zero-order valence-corrected chi connectivity index (χ0v) is 8.52. The van der Waals surface area contributed by atoms with Crippen LogP contribution < -0.4 is 5.73 Å². The van der Waals surface area contributed by atoms with E-state index >= 15 is 0 Å². The van der Waals surface area contributed by atoms with Gasteiger partial charge in [-0.2, -0.15) is 11.8 Å². The zero-order valence-electron chi connectivity index (χ0n) is 7.70. The molecule has 1 rings (SSSR count). The highest BCUT2D eigenvalue weighted by atomic mass is 32.2. The molecule has 0 amide bonds. The molecule has 0 aliphatic carbocycles. The van der Waals surface area contributed by atoms with Gasteiger partial charge in [-0.05, 0) is 19.2 Å². The van der Waals surface area contributed by atoms with Crippen LogP contribution in [0.2, 0.25) is 0 Å². The standard InChI is InChI=1S/C9H18N2S/c1-11(6-3-2-5-10)9-4-7-12-8-9/h2-3,9H,4-8,10H2,1H3. The molecule has 0 aromatic heterocycles. The van der Waals surface area contributed by atoms with Crippen LogP contribution >= 0.6 is 11.8 Å². The summed E-state index contributed by atoms with van der Waals surface area (Å²) in [6.45, 7) is 1.70. The number of thioether (sulfide) groups is 1. The van der Waals surface area contributed by atoms with Crippen molar-refractivity contribution in [2.75, 3.05) is 31.6 Å². The molecule has 1 aliphatic rings. The lowest BCUT2D eigenvalue weighted by Gasteiger charge is -2.21. The van der Waals surface area contributed by atoms with Gasteiger partial charge in [0.05, 0.1) is 0 Å². The lowest BCUT2D eigenvalue weighted by Crippen LogP contribution is -2.31. The van der Waals surface area contributed by atoms with E-state index in [4.69, 9.17) is 5.73 Å². The lowest BCUT2D eigenvalue weighted by molar-refractivity contribution is 0.290. The van der Waals surface area contributed by atoms with E-state index in [0.717, 1.165) is 12.6 Å². The van der Waals surface area contributed by atoms with Crippen LogP contribution in [0, 0.1) is 0 Å². The second-order valence-electron chi connectivity index (χ2n) is 3.16. The van der Waals surface area contributed by atoms with Gasteiger partial charge >= 0.3 is 0 Å². The highest BCUT2D eigenvalue weighted by molar-refractivity contribution is 7.99. The molecule has 1 atom stereocenters. The molecule has 1 fully saturated rings. The monoisotopic (exact) mass is 186 g/mol. The Hall–Kier alpha value is 0.01000. The number of nitrogens with two attached hydrogens (primary N) is 1. The molecule has 2 N–H and O–H groups in total. The van der Waals surface area contributed by atoms with Crippen LogP contribution in [-0.2, 0) is 0 Å². The quantitative estimate of drug-likeness (QED) is 0.663. The highest BCUT2D eigenvalue weighted by Gasteiger charge is 2.18. The summed E-state index contributed by atoms with van der Waals surface area (Å²) in [4.78, 5) is 2.41. The van der Waals surface area contributed by atoms with E-state index < -0.39 is 0 Å². The Kier molecular flexibility index (Phi) is 4.73. The van der Waals surface area contributed by atoms with Crippen LogP contribution in [0.4, 0.5) is 0 Å². The molecule has 1 unspecified atom stereocenters. The van der Waals surface area contributed by atoms with Crippen LogP contribution in [0.25, 0.3) is 0 Å². The van der Waals surface area contributed by atoms with Crippen molar-refractivity contribution in [3.63, 3.8) is 0 Å². The topological polar surface area (TPSA) is 29.3 Å². The van der Waals surface area contributed by atoms with Crippen LogP contribution in [-0.4, -0.2) is 42.6 Å². The number of hydrogen-bond donors (Lipinski definition) is 1. The summed E-state index contributed by atoms with van der Waals surface area (Å²) in [5.74, 6) is 2.63. The predicted octanol–water partition coefficient (Wildman–Crippen LogP) is 0.939. The Morgan fingerprint density at radius 2 is 2.42 bits per heavy atom. The van der Waals surface area contributed by atoms with Gasteiger partial charge in [-0.15, -0.1) is 0 Å². The van der Waals surface area contributed by atoms with Gasteiger partial charge in [0.15, 0.2) is 0 Å². The van der Waals surface area contributed by atoms with Crippen molar-refractivity contribution in [2.45, 2.75) is 12.5 Å². The Labute approximate surface area is 79.2 Å².